The molecule has 0 bridgehead atoms. The van der Waals surface area contributed by atoms with Gasteiger partial charge < -0.3 is 0 Å². The van der Waals surface area contributed by atoms with Crippen molar-refractivity contribution >= 4 is 11.6 Å². The maximum Gasteiger partial charge on any atom is 0.145 e. The van der Waals surface area contributed by atoms with E-state index in [4.69, 9.17) is 11.6 Å². The first-order valence-electron chi connectivity index (χ1n) is 12.8. The van der Waals surface area contributed by atoms with Crippen molar-refractivity contribution in [2.75, 3.05) is 0 Å². The van der Waals surface area contributed by atoms with Crippen LogP contribution >= 0.6 is 11.6 Å². The van der Waals surface area contributed by atoms with Crippen LogP contribution in [-0.4, -0.2) is 0 Å². The second-order valence-electron chi connectivity index (χ2n) is 10.6. The van der Waals surface area contributed by atoms with Crippen molar-refractivity contribution < 1.29 is 13.2 Å². The van der Waals surface area contributed by atoms with Crippen molar-refractivity contribution in [3.63, 3.8) is 0 Å². The molecule has 33 heavy (non-hydrogen) atoms. The average molecular weight is 477 g/mol. The summed E-state index contributed by atoms with van der Waals surface area (Å²) in [5.74, 6) is 1.40. The van der Waals surface area contributed by atoms with Gasteiger partial charge in [0.05, 0.1) is 0 Å². The van der Waals surface area contributed by atoms with Gasteiger partial charge in [0.15, 0.2) is 0 Å². The highest BCUT2D eigenvalue weighted by molar-refractivity contribution is 6.30. The third kappa shape index (κ3) is 6.56. The van der Waals surface area contributed by atoms with Crippen LogP contribution in [0, 0.1) is 35.2 Å². The highest BCUT2D eigenvalue weighted by Crippen LogP contribution is 2.40. The molecule has 0 aliphatic heterocycles. The summed E-state index contributed by atoms with van der Waals surface area (Å²) < 4.78 is 42.1. The number of rotatable bonds is 7. The molecule has 0 nitrogen and oxygen atoms in total. The van der Waals surface area contributed by atoms with E-state index in [0.29, 0.717) is 29.9 Å². The van der Waals surface area contributed by atoms with Crippen LogP contribution in [0.2, 0.25) is 5.02 Å². The van der Waals surface area contributed by atoms with Crippen LogP contribution in [0.5, 0.6) is 0 Å². The zero-order valence-electron chi connectivity index (χ0n) is 19.7. The quantitative estimate of drug-likeness (QED) is 0.349. The average Bonchev–Trinajstić information content (AvgIpc) is 2.81. The van der Waals surface area contributed by atoms with E-state index >= 15 is 0 Å². The van der Waals surface area contributed by atoms with E-state index in [1.807, 2.05) is 6.07 Å². The smallest absolute Gasteiger partial charge is 0.145 e. The Bertz CT molecular complexity index is 901. The van der Waals surface area contributed by atoms with E-state index in [0.717, 1.165) is 36.2 Å². The summed E-state index contributed by atoms with van der Waals surface area (Å²) >= 11 is 5.54. The maximum absolute atomic E-state index is 14.8. The number of aryl methyl sites for hydroxylation is 2. The highest BCUT2D eigenvalue weighted by atomic mass is 35.5. The predicted molar refractivity (Wildman–Crippen MR) is 130 cm³/mol. The Balaban J connectivity index is 1.25. The molecule has 0 saturated heterocycles. The van der Waals surface area contributed by atoms with Gasteiger partial charge in [0.1, 0.15) is 22.5 Å². The number of hydrogen-bond donors (Lipinski definition) is 0. The summed E-state index contributed by atoms with van der Waals surface area (Å²) in [6.07, 6.45) is 14.0. The van der Waals surface area contributed by atoms with Gasteiger partial charge in [-0.05, 0) is 97.1 Å². The molecule has 4 heteroatoms. The number of hydrogen-bond acceptors (Lipinski definition) is 0. The summed E-state index contributed by atoms with van der Waals surface area (Å²) in [5, 5.41) is -0.493. The third-order valence-electron chi connectivity index (χ3n) is 8.24. The van der Waals surface area contributed by atoms with Crippen molar-refractivity contribution in [1.29, 1.82) is 0 Å². The molecule has 2 aliphatic carbocycles. The van der Waals surface area contributed by atoms with E-state index in [9.17, 15) is 13.2 Å². The Hall–Kier alpha value is -1.48. The molecule has 0 aromatic heterocycles. The second-order valence-corrected chi connectivity index (χ2v) is 11.0. The summed E-state index contributed by atoms with van der Waals surface area (Å²) in [4.78, 5) is 0. The molecule has 2 aliphatic rings. The Morgan fingerprint density at radius 3 is 1.88 bits per heavy atom. The van der Waals surface area contributed by atoms with Gasteiger partial charge in [-0.1, -0.05) is 69.2 Å². The van der Waals surface area contributed by atoms with Crippen molar-refractivity contribution in [3.8, 4) is 0 Å². The molecule has 2 aromatic carbocycles. The van der Waals surface area contributed by atoms with E-state index in [1.54, 1.807) is 6.07 Å². The molecule has 0 N–H and O–H groups in total. The van der Waals surface area contributed by atoms with Crippen molar-refractivity contribution in [3.05, 3.63) is 69.5 Å². The maximum atomic E-state index is 14.8. The van der Waals surface area contributed by atoms with Gasteiger partial charge in [0.25, 0.3) is 0 Å². The normalized spacial score (nSPS) is 25.8. The first-order valence-corrected chi connectivity index (χ1v) is 13.2. The zero-order valence-corrected chi connectivity index (χ0v) is 20.4. The molecule has 0 atom stereocenters. The van der Waals surface area contributed by atoms with E-state index in [1.165, 1.54) is 63.5 Å². The SMILES string of the molecule is CC1CCC(CCC2CCC(c3ccc(CCc4cc(F)c(Cl)c(F)c4)c(F)c3)CC2)CC1. The summed E-state index contributed by atoms with van der Waals surface area (Å²) in [5.41, 5.74) is 2.17. The molecule has 180 valence electrons. The van der Waals surface area contributed by atoms with Crippen molar-refractivity contribution in [2.45, 2.75) is 89.9 Å². The van der Waals surface area contributed by atoms with Gasteiger partial charge in [-0.2, -0.15) is 0 Å². The Morgan fingerprint density at radius 2 is 1.30 bits per heavy atom. The molecule has 2 saturated carbocycles. The monoisotopic (exact) mass is 476 g/mol. The Kier molecular flexibility index (Phi) is 8.43. The fraction of sp³-hybridized carbons (Fsp3) is 0.586. The van der Waals surface area contributed by atoms with Crippen LogP contribution in [0.25, 0.3) is 0 Å². The minimum absolute atomic E-state index is 0.212. The second kappa shape index (κ2) is 11.3. The molecule has 2 fully saturated rings. The van der Waals surface area contributed by atoms with Crippen LogP contribution in [-0.2, 0) is 12.8 Å². The van der Waals surface area contributed by atoms with Gasteiger partial charge in [0, 0.05) is 0 Å². The lowest BCUT2D eigenvalue weighted by molar-refractivity contribution is 0.237. The summed E-state index contributed by atoms with van der Waals surface area (Å²) in [6, 6.07) is 8.04. The van der Waals surface area contributed by atoms with E-state index in [2.05, 4.69) is 13.0 Å². The molecular formula is C29H36ClF3. The van der Waals surface area contributed by atoms with Gasteiger partial charge in [-0.25, -0.2) is 13.2 Å². The van der Waals surface area contributed by atoms with Gasteiger partial charge in [0.2, 0.25) is 0 Å². The lowest BCUT2D eigenvalue weighted by Gasteiger charge is -2.31. The molecule has 4 rings (SSSR count). The Morgan fingerprint density at radius 1 is 0.727 bits per heavy atom. The van der Waals surface area contributed by atoms with Crippen LogP contribution in [0.3, 0.4) is 0 Å². The number of benzene rings is 2. The standard InChI is InChI=1S/C29H36ClF3/c1-19-2-4-20(5-3-19)6-7-21-8-11-23(12-9-21)25-15-14-24(26(31)18-25)13-10-22-16-27(32)29(30)28(33)17-22/h14-21,23H,2-13H2,1H3. The van der Waals surface area contributed by atoms with Gasteiger partial charge in [-0.3, -0.25) is 0 Å². The fourth-order valence-electron chi connectivity index (χ4n) is 5.93. The first kappa shape index (κ1) is 24.6. The van der Waals surface area contributed by atoms with Crippen LogP contribution in [0.4, 0.5) is 13.2 Å². The van der Waals surface area contributed by atoms with Crippen molar-refractivity contribution in [1.82, 2.24) is 0 Å². The minimum atomic E-state index is -0.772. The lowest BCUT2D eigenvalue weighted by atomic mass is 9.74. The fourth-order valence-corrected chi connectivity index (χ4v) is 6.03. The molecule has 0 heterocycles. The molecule has 2 aromatic rings. The molecule has 0 unspecified atom stereocenters. The summed E-state index contributed by atoms with van der Waals surface area (Å²) in [6.45, 7) is 2.38. The van der Waals surface area contributed by atoms with Crippen LogP contribution in [0.15, 0.2) is 30.3 Å². The largest absolute Gasteiger partial charge is 0.207 e. The molecular weight excluding hydrogens is 441 g/mol. The van der Waals surface area contributed by atoms with Crippen molar-refractivity contribution in [2.24, 2.45) is 17.8 Å². The van der Waals surface area contributed by atoms with Gasteiger partial charge in [-0.15, -0.1) is 0 Å². The topological polar surface area (TPSA) is 0 Å². The molecule has 0 radical (unpaired) electrons. The van der Waals surface area contributed by atoms with Gasteiger partial charge >= 0.3 is 0 Å². The van der Waals surface area contributed by atoms with E-state index in [-0.39, 0.29) is 5.82 Å². The first-order chi connectivity index (χ1) is 15.9. The van der Waals surface area contributed by atoms with Crippen LogP contribution < -0.4 is 0 Å². The predicted octanol–water partition coefficient (Wildman–Crippen LogP) is 9.42. The summed E-state index contributed by atoms with van der Waals surface area (Å²) in [7, 11) is 0. The molecule has 0 amide bonds. The van der Waals surface area contributed by atoms with E-state index < -0.39 is 16.7 Å². The Labute approximate surface area is 201 Å². The lowest BCUT2D eigenvalue weighted by Crippen LogP contribution is -2.17. The van der Waals surface area contributed by atoms with Crippen LogP contribution in [0.1, 0.15) is 93.7 Å². The molecule has 0 spiro atoms. The minimum Gasteiger partial charge on any atom is -0.207 e. The third-order valence-corrected chi connectivity index (χ3v) is 8.60. The number of halogens is 4. The highest BCUT2D eigenvalue weighted by Gasteiger charge is 2.25. The zero-order chi connectivity index (χ0) is 23.4.